The van der Waals surface area contributed by atoms with Crippen molar-refractivity contribution in [2.75, 3.05) is 0 Å². The number of ether oxygens (including phenoxy) is 1. The summed E-state index contributed by atoms with van der Waals surface area (Å²) < 4.78 is 24.3. The first-order chi connectivity index (χ1) is 9.22. The Balaban J connectivity index is 1.80. The molecule has 3 rings (SSSR count). The van der Waals surface area contributed by atoms with Crippen LogP contribution in [0, 0.1) is 5.82 Å². The highest BCUT2D eigenvalue weighted by molar-refractivity contribution is 6.31. The molecule has 1 aromatic heterocycles. The first-order valence-corrected chi connectivity index (χ1v) is 6.15. The lowest BCUT2D eigenvalue weighted by atomic mass is 10.2. The minimum absolute atomic E-state index is 0.174. The van der Waals surface area contributed by atoms with Gasteiger partial charge in [-0.3, -0.25) is 0 Å². The Morgan fingerprint density at radius 2 is 1.95 bits per heavy atom. The van der Waals surface area contributed by atoms with Gasteiger partial charge in [0.25, 0.3) is 0 Å². The zero-order valence-corrected chi connectivity index (χ0v) is 10.7. The third-order valence-electron chi connectivity index (χ3n) is 2.74. The van der Waals surface area contributed by atoms with Crippen molar-refractivity contribution in [2.45, 2.75) is 6.61 Å². The number of para-hydroxylation sites is 1. The van der Waals surface area contributed by atoms with Crippen LogP contribution in [0.3, 0.4) is 0 Å². The highest BCUT2D eigenvalue weighted by Crippen LogP contribution is 2.24. The van der Waals surface area contributed by atoms with Gasteiger partial charge >= 0.3 is 0 Å². The van der Waals surface area contributed by atoms with Crippen molar-refractivity contribution in [1.82, 2.24) is 0 Å². The SMILES string of the molecule is Fc1ccccc1OCc1cc2ccc(Cl)cc2o1. The maximum atomic E-state index is 13.4. The molecule has 4 heteroatoms. The third-order valence-corrected chi connectivity index (χ3v) is 2.97. The number of hydrogen-bond donors (Lipinski definition) is 0. The van der Waals surface area contributed by atoms with E-state index in [1.165, 1.54) is 6.07 Å². The molecule has 1 heterocycles. The molecule has 0 aliphatic heterocycles. The van der Waals surface area contributed by atoms with E-state index in [2.05, 4.69) is 0 Å². The monoisotopic (exact) mass is 276 g/mol. The third kappa shape index (κ3) is 2.56. The van der Waals surface area contributed by atoms with Crippen LogP contribution in [0.1, 0.15) is 5.76 Å². The first-order valence-electron chi connectivity index (χ1n) is 5.78. The van der Waals surface area contributed by atoms with Crippen molar-refractivity contribution in [3.63, 3.8) is 0 Å². The molecule has 0 radical (unpaired) electrons. The Kier molecular flexibility index (Phi) is 3.13. The predicted octanol–water partition coefficient (Wildman–Crippen LogP) is 4.80. The van der Waals surface area contributed by atoms with Gasteiger partial charge in [0.05, 0.1) is 0 Å². The Morgan fingerprint density at radius 1 is 1.11 bits per heavy atom. The quantitative estimate of drug-likeness (QED) is 0.685. The molecule has 19 heavy (non-hydrogen) atoms. The second kappa shape index (κ2) is 4.94. The first kappa shape index (κ1) is 12.1. The van der Waals surface area contributed by atoms with Crippen LogP contribution in [-0.2, 0) is 6.61 Å². The van der Waals surface area contributed by atoms with Crippen molar-refractivity contribution in [1.29, 1.82) is 0 Å². The molecule has 0 aliphatic carbocycles. The van der Waals surface area contributed by atoms with Crippen LogP contribution in [0.5, 0.6) is 5.75 Å². The van der Waals surface area contributed by atoms with Crippen LogP contribution in [-0.4, -0.2) is 0 Å². The molecule has 2 aromatic carbocycles. The van der Waals surface area contributed by atoms with Gasteiger partial charge in [-0.25, -0.2) is 4.39 Å². The largest absolute Gasteiger partial charge is 0.483 e. The molecule has 3 aromatic rings. The van der Waals surface area contributed by atoms with E-state index in [9.17, 15) is 4.39 Å². The standard InChI is InChI=1S/C15H10ClFO2/c16-11-6-5-10-7-12(19-15(10)8-11)9-18-14-4-2-1-3-13(14)17/h1-8H,9H2. The summed E-state index contributed by atoms with van der Waals surface area (Å²) in [5, 5.41) is 1.56. The molecule has 96 valence electrons. The second-order valence-corrected chi connectivity index (χ2v) is 4.55. The summed E-state index contributed by atoms with van der Waals surface area (Å²) >= 11 is 5.88. The van der Waals surface area contributed by atoms with Gasteiger partial charge in [-0.05, 0) is 30.3 Å². The van der Waals surface area contributed by atoms with Crippen molar-refractivity contribution in [3.8, 4) is 5.75 Å². The predicted molar refractivity (Wildman–Crippen MR) is 72.0 cm³/mol. The van der Waals surface area contributed by atoms with Gasteiger partial charge in [0.2, 0.25) is 0 Å². The van der Waals surface area contributed by atoms with Gasteiger partial charge in [-0.2, -0.15) is 0 Å². The number of furan rings is 1. The highest BCUT2D eigenvalue weighted by Gasteiger charge is 2.07. The van der Waals surface area contributed by atoms with Gasteiger partial charge < -0.3 is 9.15 Å². The molecule has 2 nitrogen and oxygen atoms in total. The number of halogens is 2. The van der Waals surface area contributed by atoms with E-state index in [1.807, 2.05) is 12.1 Å². The maximum Gasteiger partial charge on any atom is 0.165 e. The molecule has 0 N–H and O–H groups in total. The summed E-state index contributed by atoms with van der Waals surface area (Å²) in [4.78, 5) is 0. The van der Waals surface area contributed by atoms with Crippen molar-refractivity contribution in [3.05, 3.63) is 65.1 Å². The van der Waals surface area contributed by atoms with Crippen molar-refractivity contribution >= 4 is 22.6 Å². The molecule has 0 saturated heterocycles. The van der Waals surface area contributed by atoms with Crippen LogP contribution >= 0.6 is 11.6 Å². The Morgan fingerprint density at radius 3 is 2.79 bits per heavy atom. The van der Waals surface area contributed by atoms with Gasteiger partial charge in [0, 0.05) is 16.5 Å². The summed E-state index contributed by atoms with van der Waals surface area (Å²) in [6.45, 7) is 0.174. The van der Waals surface area contributed by atoms with Crippen LogP contribution in [0.2, 0.25) is 5.02 Å². The summed E-state index contributed by atoms with van der Waals surface area (Å²) in [5.41, 5.74) is 0.694. The van der Waals surface area contributed by atoms with Gasteiger partial charge in [0.1, 0.15) is 18.0 Å². The highest BCUT2D eigenvalue weighted by atomic mass is 35.5. The fourth-order valence-electron chi connectivity index (χ4n) is 1.84. The number of fused-ring (bicyclic) bond motifs is 1. The number of benzene rings is 2. The van der Waals surface area contributed by atoms with Crippen molar-refractivity contribution < 1.29 is 13.5 Å². The zero-order valence-electron chi connectivity index (χ0n) is 9.90. The molecular formula is C15H10ClFO2. The van der Waals surface area contributed by atoms with Gasteiger partial charge in [0.15, 0.2) is 11.6 Å². The normalized spacial score (nSPS) is 10.8. The lowest BCUT2D eigenvalue weighted by molar-refractivity contribution is 0.262. The minimum atomic E-state index is -0.387. The summed E-state index contributed by atoms with van der Waals surface area (Å²) in [7, 11) is 0. The zero-order chi connectivity index (χ0) is 13.2. The average Bonchev–Trinajstić information content (AvgIpc) is 2.79. The Bertz CT molecular complexity index is 721. The summed E-state index contributed by atoms with van der Waals surface area (Å²) in [6, 6.07) is 13.5. The molecule has 0 saturated carbocycles. The summed E-state index contributed by atoms with van der Waals surface area (Å²) in [6.07, 6.45) is 0. The van der Waals surface area contributed by atoms with E-state index in [0.717, 1.165) is 5.39 Å². The van der Waals surface area contributed by atoms with Crippen LogP contribution in [0.4, 0.5) is 4.39 Å². The fraction of sp³-hybridized carbons (Fsp3) is 0.0667. The van der Waals surface area contributed by atoms with Gasteiger partial charge in [-0.1, -0.05) is 23.7 Å². The Labute approximate surface area is 114 Å². The molecule has 0 atom stereocenters. The molecular weight excluding hydrogens is 267 g/mol. The van der Waals surface area contributed by atoms with Gasteiger partial charge in [-0.15, -0.1) is 0 Å². The van der Waals surface area contributed by atoms with E-state index < -0.39 is 0 Å². The van der Waals surface area contributed by atoms with Crippen LogP contribution < -0.4 is 4.74 Å². The van der Waals surface area contributed by atoms with E-state index >= 15 is 0 Å². The average molecular weight is 277 g/mol. The molecule has 0 aliphatic rings. The number of rotatable bonds is 3. The molecule has 0 spiro atoms. The smallest absolute Gasteiger partial charge is 0.165 e. The van der Waals surface area contributed by atoms with E-state index in [1.54, 1.807) is 30.3 Å². The second-order valence-electron chi connectivity index (χ2n) is 4.11. The molecule has 0 amide bonds. The maximum absolute atomic E-state index is 13.4. The molecule has 0 fully saturated rings. The fourth-order valence-corrected chi connectivity index (χ4v) is 2.00. The lowest BCUT2D eigenvalue weighted by Crippen LogP contribution is -1.95. The van der Waals surface area contributed by atoms with E-state index in [-0.39, 0.29) is 18.2 Å². The molecule has 0 bridgehead atoms. The lowest BCUT2D eigenvalue weighted by Gasteiger charge is -2.04. The van der Waals surface area contributed by atoms with E-state index in [0.29, 0.717) is 16.4 Å². The topological polar surface area (TPSA) is 22.4 Å². The van der Waals surface area contributed by atoms with E-state index in [4.69, 9.17) is 20.8 Å². The minimum Gasteiger partial charge on any atom is -0.483 e. The molecule has 0 unspecified atom stereocenters. The van der Waals surface area contributed by atoms with Crippen molar-refractivity contribution in [2.24, 2.45) is 0 Å². The number of hydrogen-bond acceptors (Lipinski definition) is 2. The van der Waals surface area contributed by atoms with Crippen LogP contribution in [0.25, 0.3) is 11.0 Å². The van der Waals surface area contributed by atoms with Crippen LogP contribution in [0.15, 0.2) is 52.9 Å². The summed E-state index contributed by atoms with van der Waals surface area (Å²) in [5.74, 6) is 0.447. The Hall–Kier alpha value is -2.00.